The van der Waals surface area contributed by atoms with Gasteiger partial charge in [-0.25, -0.2) is 4.39 Å². The number of amides is 2. The van der Waals surface area contributed by atoms with Crippen LogP contribution in [0.3, 0.4) is 0 Å². The van der Waals surface area contributed by atoms with Crippen LogP contribution < -0.4 is 5.32 Å². The zero-order chi connectivity index (χ0) is 18.8. The first-order valence-electron chi connectivity index (χ1n) is 9.14. The fourth-order valence-electron chi connectivity index (χ4n) is 3.14. The van der Waals surface area contributed by atoms with Gasteiger partial charge >= 0.3 is 0 Å². The first-order valence-corrected chi connectivity index (χ1v) is 9.96. The van der Waals surface area contributed by atoms with E-state index in [1.165, 1.54) is 17.4 Å². The molecule has 4 nitrogen and oxygen atoms in total. The second kappa shape index (κ2) is 7.74. The van der Waals surface area contributed by atoms with Crippen molar-refractivity contribution < 1.29 is 14.0 Å². The number of benzene rings is 1. The molecule has 0 radical (unpaired) electrons. The Kier molecular flexibility index (Phi) is 5.61. The van der Waals surface area contributed by atoms with Crippen LogP contribution in [0.25, 0.3) is 10.1 Å². The highest BCUT2D eigenvalue weighted by atomic mass is 32.1. The minimum Gasteiger partial charge on any atom is -0.353 e. The summed E-state index contributed by atoms with van der Waals surface area (Å²) in [5.74, 6) is 0.0729. The number of carbonyl (C=O) groups is 2. The fraction of sp³-hybridized carbons (Fsp3) is 0.500. The molecule has 1 aromatic carbocycles. The number of piperidine rings is 1. The van der Waals surface area contributed by atoms with Crippen molar-refractivity contribution in [1.29, 1.82) is 0 Å². The summed E-state index contributed by atoms with van der Waals surface area (Å²) in [6.07, 6.45) is 1.34. The Balaban J connectivity index is 1.61. The van der Waals surface area contributed by atoms with Gasteiger partial charge in [-0.15, -0.1) is 11.3 Å². The van der Waals surface area contributed by atoms with E-state index in [-0.39, 0.29) is 29.6 Å². The van der Waals surface area contributed by atoms with Gasteiger partial charge in [0.15, 0.2) is 0 Å². The van der Waals surface area contributed by atoms with Crippen molar-refractivity contribution in [3.63, 3.8) is 0 Å². The van der Waals surface area contributed by atoms with Gasteiger partial charge in [0.1, 0.15) is 5.82 Å². The third kappa shape index (κ3) is 3.90. The molecular weight excluding hydrogens is 351 g/mol. The molecule has 0 aliphatic carbocycles. The Morgan fingerprint density at radius 3 is 2.54 bits per heavy atom. The van der Waals surface area contributed by atoms with Crippen LogP contribution in [0.15, 0.2) is 24.3 Å². The molecule has 0 spiro atoms. The standard InChI is InChI=1S/C20H25FN2O2S/c1-12(2)13(3)22-19(24)14-7-9-23(10-8-14)20(25)18-11-15-16(21)5-4-6-17(15)26-18/h4-6,11-14H,7-10H2,1-3H3,(H,22,24). The van der Waals surface area contributed by atoms with Crippen LogP contribution in [0.1, 0.15) is 43.3 Å². The average molecular weight is 376 g/mol. The maximum Gasteiger partial charge on any atom is 0.263 e. The van der Waals surface area contributed by atoms with Gasteiger partial charge in [-0.05, 0) is 43.9 Å². The first-order chi connectivity index (χ1) is 12.4. The molecule has 1 aliphatic rings. The van der Waals surface area contributed by atoms with E-state index in [0.29, 0.717) is 42.1 Å². The zero-order valence-corrected chi connectivity index (χ0v) is 16.2. The molecule has 1 fully saturated rings. The van der Waals surface area contributed by atoms with Gasteiger partial charge in [0, 0.05) is 35.1 Å². The largest absolute Gasteiger partial charge is 0.353 e. The van der Waals surface area contributed by atoms with Crippen molar-refractivity contribution in [2.75, 3.05) is 13.1 Å². The molecule has 1 N–H and O–H groups in total. The van der Waals surface area contributed by atoms with E-state index in [1.54, 1.807) is 17.0 Å². The Hall–Kier alpha value is -1.95. The molecule has 3 rings (SSSR count). The lowest BCUT2D eigenvalue weighted by atomic mass is 9.94. The van der Waals surface area contributed by atoms with Crippen LogP contribution in [0.4, 0.5) is 4.39 Å². The monoisotopic (exact) mass is 376 g/mol. The van der Waals surface area contributed by atoms with E-state index >= 15 is 0 Å². The number of thiophene rings is 1. The molecule has 1 saturated heterocycles. The number of fused-ring (bicyclic) bond motifs is 1. The summed E-state index contributed by atoms with van der Waals surface area (Å²) in [6.45, 7) is 7.30. The van der Waals surface area contributed by atoms with Crippen LogP contribution in [0.2, 0.25) is 0 Å². The number of likely N-dealkylation sites (tertiary alicyclic amines) is 1. The third-order valence-electron chi connectivity index (χ3n) is 5.24. The summed E-state index contributed by atoms with van der Waals surface area (Å²) in [7, 11) is 0. The summed E-state index contributed by atoms with van der Waals surface area (Å²) < 4.78 is 14.6. The quantitative estimate of drug-likeness (QED) is 0.875. The topological polar surface area (TPSA) is 49.4 Å². The Bertz CT molecular complexity index is 809. The summed E-state index contributed by atoms with van der Waals surface area (Å²) in [6, 6.07) is 6.68. The van der Waals surface area contributed by atoms with Crippen LogP contribution in [0.5, 0.6) is 0 Å². The van der Waals surface area contributed by atoms with E-state index in [9.17, 15) is 14.0 Å². The number of hydrogen-bond acceptors (Lipinski definition) is 3. The highest BCUT2D eigenvalue weighted by Gasteiger charge is 2.29. The van der Waals surface area contributed by atoms with Crippen LogP contribution in [-0.4, -0.2) is 35.8 Å². The Morgan fingerprint density at radius 1 is 1.23 bits per heavy atom. The van der Waals surface area contributed by atoms with Crippen molar-refractivity contribution in [3.8, 4) is 0 Å². The second-order valence-electron chi connectivity index (χ2n) is 7.37. The molecule has 6 heteroatoms. The van der Waals surface area contributed by atoms with Crippen LogP contribution >= 0.6 is 11.3 Å². The molecule has 0 saturated carbocycles. The van der Waals surface area contributed by atoms with E-state index in [4.69, 9.17) is 0 Å². The van der Waals surface area contributed by atoms with Crippen molar-refractivity contribution in [3.05, 3.63) is 35.0 Å². The summed E-state index contributed by atoms with van der Waals surface area (Å²) >= 11 is 1.32. The van der Waals surface area contributed by atoms with Crippen molar-refractivity contribution >= 4 is 33.2 Å². The lowest BCUT2D eigenvalue weighted by Gasteiger charge is -2.32. The van der Waals surface area contributed by atoms with Gasteiger partial charge in [0.25, 0.3) is 5.91 Å². The van der Waals surface area contributed by atoms with Gasteiger partial charge in [0.2, 0.25) is 5.91 Å². The summed E-state index contributed by atoms with van der Waals surface area (Å²) in [5, 5.41) is 3.56. The molecule has 1 atom stereocenters. The van der Waals surface area contributed by atoms with E-state index in [1.807, 2.05) is 13.0 Å². The average Bonchev–Trinajstić information content (AvgIpc) is 3.06. The molecular formula is C20H25FN2O2S. The number of carbonyl (C=O) groups excluding carboxylic acids is 2. The number of rotatable bonds is 4. The molecule has 2 heterocycles. The molecule has 1 aromatic heterocycles. The van der Waals surface area contributed by atoms with Gasteiger partial charge in [0.05, 0.1) is 4.88 Å². The maximum atomic E-state index is 13.8. The predicted octanol–water partition coefficient (Wildman–Crippen LogP) is 4.05. The SMILES string of the molecule is CC(C)C(C)NC(=O)C1CCN(C(=O)c2cc3c(F)cccc3s2)CC1. The number of halogens is 1. The molecule has 0 bridgehead atoms. The zero-order valence-electron chi connectivity index (χ0n) is 15.4. The molecule has 140 valence electrons. The highest BCUT2D eigenvalue weighted by molar-refractivity contribution is 7.20. The van der Waals surface area contributed by atoms with E-state index < -0.39 is 0 Å². The van der Waals surface area contributed by atoms with Gasteiger partial charge < -0.3 is 10.2 Å². The van der Waals surface area contributed by atoms with Gasteiger partial charge in [-0.1, -0.05) is 19.9 Å². The first kappa shape index (κ1) is 18.8. The second-order valence-corrected chi connectivity index (χ2v) is 8.45. The lowest BCUT2D eigenvalue weighted by Crippen LogP contribution is -2.45. The number of hydrogen-bond donors (Lipinski definition) is 1. The molecule has 1 unspecified atom stereocenters. The predicted molar refractivity (Wildman–Crippen MR) is 103 cm³/mol. The Labute approximate surface area is 157 Å². The van der Waals surface area contributed by atoms with Crippen molar-refractivity contribution in [1.82, 2.24) is 10.2 Å². The minimum atomic E-state index is -0.299. The highest BCUT2D eigenvalue weighted by Crippen LogP contribution is 2.29. The molecule has 26 heavy (non-hydrogen) atoms. The summed E-state index contributed by atoms with van der Waals surface area (Å²) in [4.78, 5) is 27.4. The van der Waals surface area contributed by atoms with Gasteiger partial charge in [-0.3, -0.25) is 9.59 Å². The van der Waals surface area contributed by atoms with Crippen molar-refractivity contribution in [2.45, 2.75) is 39.7 Å². The van der Waals surface area contributed by atoms with Crippen LogP contribution in [-0.2, 0) is 4.79 Å². The number of nitrogens with zero attached hydrogens (tertiary/aromatic N) is 1. The van der Waals surface area contributed by atoms with Gasteiger partial charge in [-0.2, -0.15) is 0 Å². The summed E-state index contributed by atoms with van der Waals surface area (Å²) in [5.41, 5.74) is 0. The minimum absolute atomic E-state index is 0.0416. The molecule has 1 aliphatic heterocycles. The number of nitrogens with one attached hydrogen (secondary N) is 1. The van der Waals surface area contributed by atoms with Crippen LogP contribution in [0, 0.1) is 17.7 Å². The molecule has 2 amide bonds. The maximum absolute atomic E-state index is 13.8. The third-order valence-corrected chi connectivity index (χ3v) is 6.33. The Morgan fingerprint density at radius 2 is 1.92 bits per heavy atom. The lowest BCUT2D eigenvalue weighted by molar-refractivity contribution is -0.127. The normalized spacial score (nSPS) is 16.9. The fourth-order valence-corrected chi connectivity index (χ4v) is 4.18. The van der Waals surface area contributed by atoms with Crippen molar-refractivity contribution in [2.24, 2.45) is 11.8 Å². The van der Waals surface area contributed by atoms with E-state index in [0.717, 1.165) is 4.70 Å². The van der Waals surface area contributed by atoms with E-state index in [2.05, 4.69) is 19.2 Å². The smallest absolute Gasteiger partial charge is 0.263 e. The molecule has 2 aromatic rings.